The van der Waals surface area contributed by atoms with Crippen LogP contribution in [0, 0.1) is 0 Å². The second-order valence-electron chi connectivity index (χ2n) is 4.50. The number of nitrogens with one attached hydrogen (secondary N) is 1. The van der Waals surface area contributed by atoms with Gasteiger partial charge in [0.15, 0.2) is 0 Å². The van der Waals surface area contributed by atoms with Crippen LogP contribution in [-0.4, -0.2) is 29.9 Å². The van der Waals surface area contributed by atoms with Gasteiger partial charge in [0.2, 0.25) is 0 Å². The molecule has 2 heterocycles. The zero-order chi connectivity index (χ0) is 12.5. The zero-order valence-electron chi connectivity index (χ0n) is 10.3. The SMILES string of the molecule is COc1cccc2c1[nH]c(=O)n2C1CCOCC1. The summed E-state index contributed by atoms with van der Waals surface area (Å²) in [5, 5.41) is 0. The van der Waals surface area contributed by atoms with Crippen molar-refractivity contribution in [1.82, 2.24) is 9.55 Å². The van der Waals surface area contributed by atoms with Crippen LogP contribution in [0.25, 0.3) is 11.0 Å². The van der Waals surface area contributed by atoms with Gasteiger partial charge in [0.1, 0.15) is 11.3 Å². The number of hydrogen-bond donors (Lipinski definition) is 1. The van der Waals surface area contributed by atoms with Gasteiger partial charge in [0, 0.05) is 19.3 Å². The predicted molar refractivity (Wildman–Crippen MR) is 68.2 cm³/mol. The maximum absolute atomic E-state index is 12.1. The molecule has 0 amide bonds. The fraction of sp³-hybridized carbons (Fsp3) is 0.462. The Morgan fingerprint density at radius 2 is 2.17 bits per heavy atom. The van der Waals surface area contributed by atoms with E-state index in [0.29, 0.717) is 19.0 Å². The number of hydrogen-bond acceptors (Lipinski definition) is 3. The molecule has 0 saturated carbocycles. The molecule has 0 atom stereocenters. The number of para-hydroxylation sites is 1. The van der Waals surface area contributed by atoms with Gasteiger partial charge in [0.25, 0.3) is 0 Å². The van der Waals surface area contributed by atoms with Gasteiger partial charge in [-0.1, -0.05) is 6.07 Å². The minimum atomic E-state index is -0.0681. The van der Waals surface area contributed by atoms with Crippen molar-refractivity contribution in [3.63, 3.8) is 0 Å². The van der Waals surface area contributed by atoms with Crippen LogP contribution in [0.2, 0.25) is 0 Å². The van der Waals surface area contributed by atoms with E-state index in [1.165, 1.54) is 0 Å². The first-order chi connectivity index (χ1) is 8.81. The molecule has 18 heavy (non-hydrogen) atoms. The molecule has 0 spiro atoms. The van der Waals surface area contributed by atoms with Crippen molar-refractivity contribution in [2.24, 2.45) is 0 Å². The number of aromatic nitrogens is 2. The van der Waals surface area contributed by atoms with Crippen LogP contribution in [0.5, 0.6) is 5.75 Å². The molecule has 5 nitrogen and oxygen atoms in total. The van der Waals surface area contributed by atoms with Crippen LogP contribution in [0.3, 0.4) is 0 Å². The largest absolute Gasteiger partial charge is 0.494 e. The molecule has 0 radical (unpaired) electrons. The van der Waals surface area contributed by atoms with E-state index in [1.54, 1.807) is 7.11 Å². The van der Waals surface area contributed by atoms with E-state index in [-0.39, 0.29) is 11.7 Å². The molecule has 1 N–H and O–H groups in total. The highest BCUT2D eigenvalue weighted by molar-refractivity contribution is 5.82. The number of fused-ring (bicyclic) bond motifs is 1. The maximum atomic E-state index is 12.1. The van der Waals surface area contributed by atoms with E-state index < -0.39 is 0 Å². The van der Waals surface area contributed by atoms with E-state index in [0.717, 1.165) is 23.9 Å². The second kappa shape index (κ2) is 4.49. The monoisotopic (exact) mass is 248 g/mol. The molecule has 2 aromatic rings. The molecule has 0 bridgehead atoms. The Bertz CT molecular complexity index is 608. The highest BCUT2D eigenvalue weighted by Crippen LogP contribution is 2.27. The van der Waals surface area contributed by atoms with Crippen LogP contribution in [0.1, 0.15) is 18.9 Å². The van der Waals surface area contributed by atoms with Crippen LogP contribution in [-0.2, 0) is 4.74 Å². The summed E-state index contributed by atoms with van der Waals surface area (Å²) < 4.78 is 12.5. The molecule has 1 saturated heterocycles. The molecule has 3 rings (SSSR count). The summed E-state index contributed by atoms with van der Waals surface area (Å²) in [4.78, 5) is 15.0. The normalized spacial score (nSPS) is 17.2. The number of imidazole rings is 1. The van der Waals surface area contributed by atoms with Crippen LogP contribution < -0.4 is 10.4 Å². The first-order valence-corrected chi connectivity index (χ1v) is 6.16. The Hall–Kier alpha value is -1.75. The third-order valence-corrected chi connectivity index (χ3v) is 3.49. The molecule has 96 valence electrons. The van der Waals surface area contributed by atoms with Crippen molar-refractivity contribution in [3.8, 4) is 5.75 Å². The highest BCUT2D eigenvalue weighted by Gasteiger charge is 2.21. The summed E-state index contributed by atoms with van der Waals surface area (Å²) in [5.41, 5.74) is 1.61. The van der Waals surface area contributed by atoms with Gasteiger partial charge in [-0.05, 0) is 25.0 Å². The Balaban J connectivity index is 2.16. The lowest BCUT2D eigenvalue weighted by Crippen LogP contribution is -2.27. The first kappa shape index (κ1) is 11.3. The number of rotatable bonds is 2. The molecule has 1 fully saturated rings. The summed E-state index contributed by atoms with van der Waals surface area (Å²) in [5.74, 6) is 0.704. The van der Waals surface area contributed by atoms with Crippen LogP contribution >= 0.6 is 0 Å². The van der Waals surface area contributed by atoms with Gasteiger partial charge in [-0.15, -0.1) is 0 Å². The van der Waals surface area contributed by atoms with E-state index in [9.17, 15) is 4.79 Å². The lowest BCUT2D eigenvalue weighted by atomic mass is 10.1. The second-order valence-corrected chi connectivity index (χ2v) is 4.50. The molecule has 1 aliphatic rings. The maximum Gasteiger partial charge on any atom is 0.326 e. The summed E-state index contributed by atoms with van der Waals surface area (Å²) in [6, 6.07) is 5.93. The number of methoxy groups -OCH3 is 1. The predicted octanol–water partition coefficient (Wildman–Crippen LogP) is 1.69. The molecule has 1 aromatic carbocycles. The molecule has 1 aliphatic heterocycles. The summed E-state index contributed by atoms with van der Waals surface area (Å²) >= 11 is 0. The number of ether oxygens (including phenoxy) is 2. The van der Waals surface area contributed by atoms with E-state index in [4.69, 9.17) is 9.47 Å². The van der Waals surface area contributed by atoms with Gasteiger partial charge in [-0.25, -0.2) is 4.79 Å². The quantitative estimate of drug-likeness (QED) is 0.879. The Kier molecular flexibility index (Phi) is 2.83. The highest BCUT2D eigenvalue weighted by atomic mass is 16.5. The Morgan fingerprint density at radius 3 is 2.89 bits per heavy atom. The lowest BCUT2D eigenvalue weighted by Gasteiger charge is -2.23. The van der Waals surface area contributed by atoms with Crippen molar-refractivity contribution >= 4 is 11.0 Å². The van der Waals surface area contributed by atoms with Gasteiger partial charge in [0.05, 0.1) is 12.6 Å². The number of nitrogens with zero attached hydrogens (tertiary/aromatic N) is 1. The van der Waals surface area contributed by atoms with Crippen molar-refractivity contribution < 1.29 is 9.47 Å². The van der Waals surface area contributed by atoms with Gasteiger partial charge in [-0.2, -0.15) is 0 Å². The fourth-order valence-corrected chi connectivity index (χ4v) is 2.60. The van der Waals surface area contributed by atoms with Gasteiger partial charge >= 0.3 is 5.69 Å². The fourth-order valence-electron chi connectivity index (χ4n) is 2.60. The molecule has 1 aromatic heterocycles. The van der Waals surface area contributed by atoms with Crippen LogP contribution in [0.4, 0.5) is 0 Å². The standard InChI is InChI=1S/C13H16N2O3/c1-17-11-4-2-3-10-12(11)14-13(16)15(10)9-5-7-18-8-6-9/h2-4,9H,5-8H2,1H3,(H,14,16). The smallest absolute Gasteiger partial charge is 0.326 e. The van der Waals surface area contributed by atoms with Crippen molar-refractivity contribution in [3.05, 3.63) is 28.7 Å². The third-order valence-electron chi connectivity index (χ3n) is 3.49. The molecule has 0 unspecified atom stereocenters. The first-order valence-electron chi connectivity index (χ1n) is 6.16. The molecular formula is C13H16N2O3. The average molecular weight is 248 g/mol. The molecular weight excluding hydrogens is 232 g/mol. The molecule has 5 heteroatoms. The lowest BCUT2D eigenvalue weighted by molar-refractivity contribution is 0.0698. The number of benzene rings is 1. The Labute approximate surface area is 104 Å². The third kappa shape index (κ3) is 1.71. The van der Waals surface area contributed by atoms with Crippen molar-refractivity contribution in [1.29, 1.82) is 0 Å². The van der Waals surface area contributed by atoms with E-state index >= 15 is 0 Å². The summed E-state index contributed by atoms with van der Waals surface area (Å²) in [7, 11) is 1.61. The topological polar surface area (TPSA) is 56.2 Å². The zero-order valence-corrected chi connectivity index (χ0v) is 10.3. The van der Waals surface area contributed by atoms with E-state index in [1.807, 2.05) is 22.8 Å². The van der Waals surface area contributed by atoms with Crippen molar-refractivity contribution in [2.75, 3.05) is 20.3 Å². The summed E-state index contributed by atoms with van der Waals surface area (Å²) in [6.45, 7) is 1.43. The minimum absolute atomic E-state index is 0.0681. The Morgan fingerprint density at radius 1 is 1.39 bits per heavy atom. The number of H-pyrrole nitrogens is 1. The minimum Gasteiger partial charge on any atom is -0.494 e. The number of aromatic amines is 1. The molecule has 0 aliphatic carbocycles. The van der Waals surface area contributed by atoms with E-state index in [2.05, 4.69) is 4.98 Å². The van der Waals surface area contributed by atoms with Crippen molar-refractivity contribution in [2.45, 2.75) is 18.9 Å². The van der Waals surface area contributed by atoms with Gasteiger partial charge < -0.3 is 14.5 Å². The van der Waals surface area contributed by atoms with Crippen LogP contribution in [0.15, 0.2) is 23.0 Å². The summed E-state index contributed by atoms with van der Waals surface area (Å²) in [6.07, 6.45) is 1.76. The average Bonchev–Trinajstić information content (AvgIpc) is 2.75. The van der Waals surface area contributed by atoms with Gasteiger partial charge in [-0.3, -0.25) is 4.57 Å².